The van der Waals surface area contributed by atoms with Gasteiger partial charge in [-0.1, -0.05) is 6.07 Å². The van der Waals surface area contributed by atoms with Gasteiger partial charge in [-0.25, -0.2) is 13.4 Å². The molecule has 0 bridgehead atoms. The highest BCUT2D eigenvalue weighted by Gasteiger charge is 2.44. The fraction of sp³-hybridized carbons (Fsp3) is 0.333. The first-order valence-electron chi connectivity index (χ1n) is 8.54. The zero-order chi connectivity index (χ0) is 22.3. The number of pyridine rings is 1. The van der Waals surface area contributed by atoms with Crippen LogP contribution < -0.4 is 5.32 Å². The lowest BCUT2D eigenvalue weighted by atomic mass is 9.84. The molecule has 1 aliphatic carbocycles. The molecular weight excluding hydrogens is 438 g/mol. The van der Waals surface area contributed by atoms with Gasteiger partial charge in [-0.3, -0.25) is 4.79 Å². The molecule has 5 nitrogen and oxygen atoms in total. The Morgan fingerprint density at radius 3 is 2.27 bits per heavy atom. The van der Waals surface area contributed by atoms with E-state index in [1.807, 2.05) is 5.32 Å². The Kier molecular flexibility index (Phi) is 5.56. The molecule has 12 heteroatoms. The number of nitrogens with one attached hydrogen (secondary N) is 1. The minimum absolute atomic E-state index is 0.224. The van der Waals surface area contributed by atoms with Crippen LogP contribution in [0.4, 0.5) is 32.2 Å². The van der Waals surface area contributed by atoms with E-state index in [-0.39, 0.29) is 12.8 Å². The van der Waals surface area contributed by atoms with E-state index >= 15 is 0 Å². The van der Waals surface area contributed by atoms with E-state index in [4.69, 9.17) is 0 Å². The van der Waals surface area contributed by atoms with Crippen molar-refractivity contribution in [2.24, 2.45) is 5.92 Å². The zero-order valence-corrected chi connectivity index (χ0v) is 15.8. The highest BCUT2D eigenvalue weighted by molar-refractivity contribution is 7.92. The van der Waals surface area contributed by atoms with Crippen molar-refractivity contribution < 1.29 is 39.6 Å². The maximum Gasteiger partial charge on any atom is 0.419 e. The van der Waals surface area contributed by atoms with Crippen molar-refractivity contribution in [1.82, 2.24) is 4.98 Å². The highest BCUT2D eigenvalue weighted by atomic mass is 32.2. The Labute approximate surface area is 167 Å². The number of carbonyl (C=O) groups excluding carboxylic acids is 1. The SMILES string of the molecule is O=C(Nc1ncccc1C(F)(F)F)[C@H]1C[C@@H](S(=O)(=O)c2cccc(C(F)(F)F)c2)C1. The maximum atomic E-state index is 13.0. The molecular formula is C18H14F6N2O3S. The van der Waals surface area contributed by atoms with Crippen LogP contribution in [0.25, 0.3) is 0 Å². The molecule has 0 unspecified atom stereocenters. The second kappa shape index (κ2) is 7.56. The summed E-state index contributed by atoms with van der Waals surface area (Å²) >= 11 is 0. The Balaban J connectivity index is 1.70. The molecule has 1 aromatic heterocycles. The predicted octanol–water partition coefficient (Wildman–Crippen LogP) is 4.31. The minimum atomic E-state index is -4.74. The Morgan fingerprint density at radius 2 is 1.67 bits per heavy atom. The number of carbonyl (C=O) groups is 1. The molecule has 162 valence electrons. The van der Waals surface area contributed by atoms with Crippen LogP contribution in [0.2, 0.25) is 0 Å². The van der Waals surface area contributed by atoms with Crippen LogP contribution in [0.5, 0.6) is 0 Å². The van der Waals surface area contributed by atoms with Crippen molar-refractivity contribution in [3.8, 4) is 0 Å². The Morgan fingerprint density at radius 1 is 1.00 bits per heavy atom. The molecule has 0 atom stereocenters. The summed E-state index contributed by atoms with van der Waals surface area (Å²) in [7, 11) is -4.13. The van der Waals surface area contributed by atoms with Crippen LogP contribution in [-0.4, -0.2) is 24.6 Å². The summed E-state index contributed by atoms with van der Waals surface area (Å²) in [4.78, 5) is 15.2. The largest absolute Gasteiger partial charge is 0.419 e. The lowest BCUT2D eigenvalue weighted by molar-refractivity contribution is -0.138. The average molecular weight is 452 g/mol. The van der Waals surface area contributed by atoms with Gasteiger partial charge in [0.2, 0.25) is 5.91 Å². The van der Waals surface area contributed by atoms with Crippen molar-refractivity contribution in [3.63, 3.8) is 0 Å². The lowest BCUT2D eigenvalue weighted by Gasteiger charge is -2.33. The first-order valence-corrected chi connectivity index (χ1v) is 10.1. The standard InChI is InChI=1S/C18H14F6N2O3S/c19-17(20,21)11-3-1-4-12(9-11)30(28,29)13-7-10(8-13)16(27)26-15-14(18(22,23)24)5-2-6-25-15/h1-6,9-10,13H,7-8H2,(H,25,26,27)/t10-,13+. The minimum Gasteiger partial charge on any atom is -0.310 e. The van der Waals surface area contributed by atoms with Crippen molar-refractivity contribution >= 4 is 21.6 Å². The number of nitrogens with zero attached hydrogens (tertiary/aromatic N) is 1. The van der Waals surface area contributed by atoms with Gasteiger partial charge in [0.05, 0.1) is 21.3 Å². The summed E-state index contributed by atoms with van der Waals surface area (Å²) in [5, 5.41) is 0.937. The molecule has 1 saturated carbocycles. The third-order valence-corrected chi connectivity index (χ3v) is 6.92. The highest BCUT2D eigenvalue weighted by Crippen LogP contribution is 2.39. The second-order valence-corrected chi connectivity index (χ2v) is 8.98. The summed E-state index contributed by atoms with van der Waals surface area (Å²) in [5.41, 5.74) is -2.27. The number of rotatable bonds is 4. The van der Waals surface area contributed by atoms with E-state index in [1.165, 1.54) is 0 Å². The number of amides is 1. The fourth-order valence-electron chi connectivity index (χ4n) is 3.03. The molecule has 30 heavy (non-hydrogen) atoms. The molecule has 0 radical (unpaired) electrons. The van der Waals surface area contributed by atoms with Gasteiger partial charge in [0.15, 0.2) is 9.84 Å². The van der Waals surface area contributed by atoms with Gasteiger partial charge in [0.1, 0.15) is 5.82 Å². The summed E-state index contributed by atoms with van der Waals surface area (Å²) in [6, 6.07) is 5.05. The van der Waals surface area contributed by atoms with Gasteiger partial charge in [-0.15, -0.1) is 0 Å². The van der Waals surface area contributed by atoms with Crippen molar-refractivity contribution in [2.75, 3.05) is 5.32 Å². The van der Waals surface area contributed by atoms with Gasteiger partial charge < -0.3 is 5.32 Å². The van der Waals surface area contributed by atoms with Gasteiger partial charge in [-0.05, 0) is 43.2 Å². The van der Waals surface area contributed by atoms with Crippen molar-refractivity contribution in [1.29, 1.82) is 0 Å². The summed E-state index contributed by atoms with van der Waals surface area (Å²) < 4.78 is 102. The van der Waals surface area contributed by atoms with Crippen LogP contribution in [0.1, 0.15) is 24.0 Å². The molecule has 1 amide bonds. The molecule has 0 saturated heterocycles. The van der Waals surface area contributed by atoms with E-state index < -0.39 is 61.1 Å². The molecule has 1 aromatic carbocycles. The summed E-state index contributed by atoms with van der Waals surface area (Å²) in [6.45, 7) is 0. The van der Waals surface area contributed by atoms with E-state index in [9.17, 15) is 39.6 Å². The number of alkyl halides is 6. The quantitative estimate of drug-likeness (QED) is 0.702. The monoisotopic (exact) mass is 452 g/mol. The van der Waals surface area contributed by atoms with Crippen LogP contribution in [0, 0.1) is 5.92 Å². The van der Waals surface area contributed by atoms with Gasteiger partial charge >= 0.3 is 12.4 Å². The number of hydrogen-bond donors (Lipinski definition) is 1. The first-order chi connectivity index (χ1) is 13.8. The van der Waals surface area contributed by atoms with Gasteiger partial charge in [0, 0.05) is 12.1 Å². The smallest absolute Gasteiger partial charge is 0.310 e. The molecule has 1 fully saturated rings. The van der Waals surface area contributed by atoms with Crippen molar-refractivity contribution in [3.05, 3.63) is 53.7 Å². The molecule has 1 heterocycles. The van der Waals surface area contributed by atoms with E-state index in [2.05, 4.69) is 4.98 Å². The zero-order valence-electron chi connectivity index (χ0n) is 15.0. The molecule has 0 aliphatic heterocycles. The van der Waals surface area contributed by atoms with Crippen LogP contribution >= 0.6 is 0 Å². The van der Waals surface area contributed by atoms with Crippen LogP contribution in [-0.2, 0) is 27.0 Å². The maximum absolute atomic E-state index is 13.0. The number of hydrogen-bond acceptors (Lipinski definition) is 4. The second-order valence-electron chi connectivity index (χ2n) is 6.75. The van der Waals surface area contributed by atoms with E-state index in [1.54, 1.807) is 0 Å². The molecule has 1 N–H and O–H groups in total. The van der Waals surface area contributed by atoms with E-state index in [0.717, 1.165) is 36.5 Å². The van der Waals surface area contributed by atoms with E-state index in [0.29, 0.717) is 6.07 Å². The number of benzene rings is 1. The summed E-state index contributed by atoms with van der Waals surface area (Å²) in [5.74, 6) is -2.44. The van der Waals surface area contributed by atoms with Gasteiger partial charge in [-0.2, -0.15) is 26.3 Å². The molecule has 1 aliphatic rings. The average Bonchev–Trinajstić information content (AvgIpc) is 2.59. The van der Waals surface area contributed by atoms with Crippen LogP contribution in [0.3, 0.4) is 0 Å². The first kappa shape index (κ1) is 22.1. The van der Waals surface area contributed by atoms with Gasteiger partial charge in [0.25, 0.3) is 0 Å². The fourth-order valence-corrected chi connectivity index (χ4v) is 4.94. The molecule has 2 aromatic rings. The lowest BCUT2D eigenvalue weighted by Crippen LogP contribution is -2.42. The third-order valence-electron chi connectivity index (χ3n) is 4.75. The number of aromatic nitrogens is 1. The number of anilines is 1. The normalized spacial score (nSPS) is 19.8. The van der Waals surface area contributed by atoms with Crippen molar-refractivity contribution in [2.45, 2.75) is 35.3 Å². The topological polar surface area (TPSA) is 76.1 Å². The molecule has 0 spiro atoms. The summed E-state index contributed by atoms with van der Waals surface area (Å²) in [6.07, 6.45) is -8.85. The molecule has 3 rings (SSSR count). The number of halogens is 6. The Hall–Kier alpha value is -2.63. The number of sulfone groups is 1. The third kappa shape index (κ3) is 4.42. The van der Waals surface area contributed by atoms with Crippen LogP contribution in [0.15, 0.2) is 47.5 Å². The predicted molar refractivity (Wildman–Crippen MR) is 93.0 cm³/mol. The Bertz CT molecular complexity index is 1060.